The lowest BCUT2D eigenvalue weighted by molar-refractivity contribution is -0.396. The maximum atomic E-state index is 15.9. The summed E-state index contributed by atoms with van der Waals surface area (Å²) >= 11 is 0. The van der Waals surface area contributed by atoms with E-state index in [2.05, 4.69) is 0 Å². The van der Waals surface area contributed by atoms with Crippen molar-refractivity contribution in [2.45, 2.75) is 126 Å². The number of fused-ring (bicyclic) bond motifs is 5. The molecule has 0 bridgehead atoms. The number of phenols is 1. The number of ketones is 1. The Bertz CT molecular complexity index is 1240. The second-order valence-electron chi connectivity index (χ2n) is 14.3. The van der Waals surface area contributed by atoms with Crippen molar-refractivity contribution >= 4 is 5.78 Å². The van der Waals surface area contributed by atoms with Crippen molar-refractivity contribution in [1.82, 2.24) is 4.90 Å². The third-order valence-corrected chi connectivity index (χ3v) is 11.1. The van der Waals surface area contributed by atoms with Gasteiger partial charge in [0.1, 0.15) is 17.7 Å². The molecular weight excluding hydrogens is 644 g/mol. The second-order valence-corrected chi connectivity index (χ2v) is 14.3. The molecule has 1 aromatic rings. The number of carbonyl (C=O) groups is 1. The zero-order chi connectivity index (χ0) is 35.0. The van der Waals surface area contributed by atoms with Crippen LogP contribution in [0.3, 0.4) is 0 Å². The van der Waals surface area contributed by atoms with Crippen molar-refractivity contribution in [3.8, 4) is 5.75 Å². The van der Waals surface area contributed by atoms with Crippen molar-refractivity contribution in [2.75, 3.05) is 20.1 Å². The highest BCUT2D eigenvalue weighted by Gasteiger charge is 2.81. The molecule has 268 valence electrons. The monoisotopic (exact) mass is 689 g/mol. The van der Waals surface area contributed by atoms with Gasteiger partial charge in [-0.25, -0.2) is 4.39 Å². The van der Waals surface area contributed by atoms with E-state index in [0.717, 1.165) is 56.2 Å². The van der Waals surface area contributed by atoms with Gasteiger partial charge in [-0.05, 0) is 106 Å². The van der Waals surface area contributed by atoms with E-state index in [9.17, 15) is 49.4 Å². The molecule has 0 unspecified atom stereocenters. The van der Waals surface area contributed by atoms with E-state index in [1.54, 1.807) is 12.1 Å². The zero-order valence-corrected chi connectivity index (χ0v) is 26.8. The predicted octanol–water partition coefficient (Wildman–Crippen LogP) is 9.90. The third kappa shape index (κ3) is 7.44. The Balaban J connectivity index is 1.19. The van der Waals surface area contributed by atoms with E-state index in [-0.39, 0.29) is 48.0 Å². The molecule has 0 spiro atoms. The minimum absolute atomic E-state index is 0.0209. The van der Waals surface area contributed by atoms with Crippen LogP contribution in [0.1, 0.15) is 101 Å². The highest BCUT2D eigenvalue weighted by Crippen LogP contribution is 2.62. The summed E-state index contributed by atoms with van der Waals surface area (Å²) < 4.78 is 133. The molecule has 3 aliphatic rings. The van der Waals surface area contributed by atoms with Crippen LogP contribution in [0.5, 0.6) is 5.75 Å². The van der Waals surface area contributed by atoms with E-state index < -0.39 is 48.4 Å². The molecule has 6 atom stereocenters. The van der Waals surface area contributed by atoms with Crippen molar-refractivity contribution < 1.29 is 53.8 Å². The summed E-state index contributed by atoms with van der Waals surface area (Å²) in [7, 11) is 1.87. The van der Waals surface area contributed by atoms with Crippen molar-refractivity contribution in [3.05, 3.63) is 29.3 Å². The standard InChI is InChI=1S/C34H45F10NO2/c1-30-20-26(35)29-24-12-11-23(46)19-22(24)18-21(28(29)25(30)13-14-27(30)47)10-6-5-9-17-45(2)16-8-4-3-7-15-31(36,37)32(38,39)33(40,41)34(42,43)44/h11-12,19,21,25-26,28-29,46H,3-10,13-18,20H2,1-2H3/t21-,25+,26+,28+,29+,30+/m1/s1. The van der Waals surface area contributed by atoms with Crippen LogP contribution < -0.4 is 0 Å². The number of carbonyl (C=O) groups excluding carboxylic acids is 1. The van der Waals surface area contributed by atoms with Gasteiger partial charge in [-0.15, -0.1) is 0 Å². The SMILES string of the molecule is CN(CCCCCCC(F)(F)C(F)(F)C(F)(F)C(F)(F)F)CCCCC[C@@H]1Cc2cc(O)ccc2[C@@H]2[C@@H]1[C@@H]1CCC(=O)[C@@]1(C)C[C@@H]2F. The minimum Gasteiger partial charge on any atom is -0.508 e. The summed E-state index contributed by atoms with van der Waals surface area (Å²) in [5, 5.41) is 10.1. The van der Waals surface area contributed by atoms with Crippen LogP contribution in [-0.4, -0.2) is 66.0 Å². The number of nitrogens with zero attached hydrogens (tertiary/aromatic N) is 1. The zero-order valence-electron chi connectivity index (χ0n) is 26.8. The lowest BCUT2D eigenvalue weighted by Crippen LogP contribution is -2.60. The molecule has 3 aliphatic carbocycles. The smallest absolute Gasteiger partial charge is 0.460 e. The summed E-state index contributed by atoms with van der Waals surface area (Å²) in [4.78, 5) is 14.9. The highest BCUT2D eigenvalue weighted by atomic mass is 19.4. The molecule has 13 heteroatoms. The van der Waals surface area contributed by atoms with Crippen molar-refractivity contribution in [3.63, 3.8) is 0 Å². The largest absolute Gasteiger partial charge is 0.508 e. The van der Waals surface area contributed by atoms with Gasteiger partial charge < -0.3 is 10.0 Å². The first-order chi connectivity index (χ1) is 21.7. The average Bonchev–Trinajstić information content (AvgIpc) is 3.26. The lowest BCUT2D eigenvalue weighted by atomic mass is 9.51. The van der Waals surface area contributed by atoms with E-state index in [4.69, 9.17) is 0 Å². The van der Waals surface area contributed by atoms with Gasteiger partial charge in [-0.1, -0.05) is 38.7 Å². The Morgan fingerprint density at radius 1 is 0.894 bits per heavy atom. The van der Waals surface area contributed by atoms with Crippen LogP contribution in [0.4, 0.5) is 43.9 Å². The molecule has 0 radical (unpaired) electrons. The first-order valence-corrected chi connectivity index (χ1v) is 16.6. The number of rotatable bonds is 15. The highest BCUT2D eigenvalue weighted by molar-refractivity contribution is 5.87. The van der Waals surface area contributed by atoms with Gasteiger partial charge in [-0.3, -0.25) is 4.79 Å². The minimum atomic E-state index is -6.84. The number of hydrogen-bond acceptors (Lipinski definition) is 3. The lowest BCUT2D eigenvalue weighted by Gasteiger charge is -2.53. The first-order valence-electron chi connectivity index (χ1n) is 16.6. The van der Waals surface area contributed by atoms with Gasteiger partial charge in [0.2, 0.25) is 0 Å². The number of phenolic OH excluding ortho intramolecular Hbond substituents is 1. The van der Waals surface area contributed by atoms with Gasteiger partial charge in [-0.2, -0.15) is 39.5 Å². The van der Waals surface area contributed by atoms with Gasteiger partial charge >= 0.3 is 23.9 Å². The molecule has 2 fully saturated rings. The third-order valence-electron chi connectivity index (χ3n) is 11.1. The van der Waals surface area contributed by atoms with Crippen molar-refractivity contribution in [2.24, 2.45) is 23.2 Å². The fourth-order valence-corrected chi connectivity index (χ4v) is 8.56. The molecule has 0 aromatic heterocycles. The molecule has 0 amide bonds. The molecule has 0 saturated heterocycles. The Morgan fingerprint density at radius 2 is 1.51 bits per heavy atom. The molecule has 3 nitrogen and oxygen atoms in total. The van der Waals surface area contributed by atoms with E-state index in [1.807, 2.05) is 24.9 Å². The normalized spacial score (nSPS) is 28.4. The summed E-state index contributed by atoms with van der Waals surface area (Å²) in [6, 6.07) is 5.19. The number of unbranched alkanes of at least 4 members (excludes halogenated alkanes) is 5. The molecule has 47 heavy (non-hydrogen) atoms. The molecule has 0 heterocycles. The molecule has 0 aliphatic heterocycles. The van der Waals surface area contributed by atoms with Crippen LogP contribution in [0, 0.1) is 23.2 Å². The Hall–Kier alpha value is -2.05. The second kappa shape index (κ2) is 14.1. The van der Waals surface area contributed by atoms with Crippen LogP contribution in [0.25, 0.3) is 0 Å². The number of halogens is 10. The van der Waals surface area contributed by atoms with Crippen LogP contribution >= 0.6 is 0 Å². The van der Waals surface area contributed by atoms with E-state index in [1.165, 1.54) is 0 Å². The van der Waals surface area contributed by atoms with Gasteiger partial charge in [0.15, 0.2) is 0 Å². The fourth-order valence-electron chi connectivity index (χ4n) is 8.56. The summed E-state index contributed by atoms with van der Waals surface area (Å²) in [5.74, 6) is -18.5. The topological polar surface area (TPSA) is 40.5 Å². The summed E-state index contributed by atoms with van der Waals surface area (Å²) in [6.45, 7) is 3.23. The predicted molar refractivity (Wildman–Crippen MR) is 157 cm³/mol. The molecule has 2 saturated carbocycles. The van der Waals surface area contributed by atoms with Gasteiger partial charge in [0.05, 0.1) is 0 Å². The van der Waals surface area contributed by atoms with E-state index in [0.29, 0.717) is 25.8 Å². The number of aromatic hydroxyl groups is 1. The van der Waals surface area contributed by atoms with Crippen LogP contribution in [0.15, 0.2) is 18.2 Å². The summed E-state index contributed by atoms with van der Waals surface area (Å²) in [6.07, 6.45) is -3.76. The average molecular weight is 690 g/mol. The number of benzene rings is 1. The quantitative estimate of drug-likeness (QED) is 0.147. The van der Waals surface area contributed by atoms with Crippen LogP contribution in [0.2, 0.25) is 0 Å². The number of alkyl halides is 10. The van der Waals surface area contributed by atoms with Crippen LogP contribution in [-0.2, 0) is 11.2 Å². The van der Waals surface area contributed by atoms with Crippen molar-refractivity contribution in [1.29, 1.82) is 0 Å². The molecule has 1 aromatic carbocycles. The number of hydrogen-bond donors (Lipinski definition) is 1. The first kappa shape index (κ1) is 37.8. The molecule has 4 rings (SSSR count). The maximum absolute atomic E-state index is 15.9. The Labute approximate surface area is 269 Å². The Morgan fingerprint density at radius 3 is 2.15 bits per heavy atom. The number of Topliss-reactive ketones (excluding diaryl/α,β-unsaturated/α-hetero) is 1. The van der Waals surface area contributed by atoms with Gasteiger partial charge in [0, 0.05) is 24.2 Å². The molecule has 1 N–H and O–H groups in total. The maximum Gasteiger partial charge on any atom is 0.460 e. The Kier molecular flexibility index (Phi) is 11.3. The molecular formula is C34H45F10NO2. The van der Waals surface area contributed by atoms with Gasteiger partial charge in [0.25, 0.3) is 0 Å². The summed E-state index contributed by atoms with van der Waals surface area (Å²) in [5.41, 5.74) is 1.29. The van der Waals surface area contributed by atoms with E-state index >= 15 is 4.39 Å². The fraction of sp³-hybridized carbons (Fsp3) is 0.794.